The lowest BCUT2D eigenvalue weighted by Gasteiger charge is -2.25. The van der Waals surface area contributed by atoms with Crippen LogP contribution in [0.2, 0.25) is 0 Å². The van der Waals surface area contributed by atoms with Crippen molar-refractivity contribution in [1.29, 1.82) is 0 Å². The molecule has 0 aliphatic heterocycles. The number of aryl methyl sites for hydroxylation is 1. The number of benzene rings is 2. The van der Waals surface area contributed by atoms with Gasteiger partial charge in [-0.15, -0.1) is 10.2 Å². The SMILES string of the molecule is Cc1ccc(-c2nnc(SCC(=O)N/N=C\c3ccc(O)c(O)c3)n2C2CCCCC2)cc1. The molecule has 172 valence electrons. The van der Waals surface area contributed by atoms with Crippen LogP contribution < -0.4 is 5.43 Å². The highest BCUT2D eigenvalue weighted by molar-refractivity contribution is 7.99. The minimum atomic E-state index is -0.269. The number of aromatic nitrogens is 3. The topological polar surface area (TPSA) is 113 Å². The Morgan fingerprint density at radius 3 is 2.61 bits per heavy atom. The lowest BCUT2D eigenvalue weighted by Crippen LogP contribution is -2.20. The predicted octanol–water partition coefficient (Wildman–Crippen LogP) is 4.41. The number of phenols is 2. The average molecular weight is 466 g/mol. The first-order chi connectivity index (χ1) is 16.0. The Hall–Kier alpha value is -3.33. The van der Waals surface area contributed by atoms with Gasteiger partial charge in [0.2, 0.25) is 0 Å². The van der Waals surface area contributed by atoms with E-state index in [1.165, 1.54) is 54.9 Å². The normalized spacial score (nSPS) is 14.6. The molecule has 3 aromatic rings. The average Bonchev–Trinajstić information content (AvgIpc) is 3.25. The second kappa shape index (κ2) is 10.5. The number of carbonyl (C=O) groups excluding carboxylic acids is 1. The maximum absolute atomic E-state index is 12.3. The summed E-state index contributed by atoms with van der Waals surface area (Å²) in [4.78, 5) is 12.3. The molecule has 33 heavy (non-hydrogen) atoms. The summed E-state index contributed by atoms with van der Waals surface area (Å²) in [7, 11) is 0. The van der Waals surface area contributed by atoms with Crippen LogP contribution in [0.15, 0.2) is 52.7 Å². The summed E-state index contributed by atoms with van der Waals surface area (Å²) < 4.78 is 2.20. The molecule has 1 saturated carbocycles. The first-order valence-corrected chi connectivity index (χ1v) is 12.0. The maximum atomic E-state index is 12.3. The third kappa shape index (κ3) is 5.73. The van der Waals surface area contributed by atoms with Crippen molar-refractivity contribution >= 4 is 23.9 Å². The lowest BCUT2D eigenvalue weighted by atomic mass is 9.95. The van der Waals surface area contributed by atoms with E-state index in [0.29, 0.717) is 11.6 Å². The zero-order valence-electron chi connectivity index (χ0n) is 18.4. The summed E-state index contributed by atoms with van der Waals surface area (Å²) in [6.45, 7) is 2.06. The first kappa shape index (κ1) is 22.8. The Morgan fingerprint density at radius 2 is 1.88 bits per heavy atom. The second-order valence-electron chi connectivity index (χ2n) is 8.16. The molecular formula is C24H27N5O3S. The third-order valence-electron chi connectivity index (χ3n) is 5.65. The number of nitrogens with zero attached hydrogens (tertiary/aromatic N) is 4. The molecule has 1 aliphatic rings. The summed E-state index contributed by atoms with van der Waals surface area (Å²) >= 11 is 1.35. The summed E-state index contributed by atoms with van der Waals surface area (Å²) in [6.07, 6.45) is 7.19. The van der Waals surface area contributed by atoms with Crippen LogP contribution in [0.25, 0.3) is 11.4 Å². The van der Waals surface area contributed by atoms with Gasteiger partial charge in [-0.2, -0.15) is 5.10 Å². The number of carbonyl (C=O) groups is 1. The Kier molecular flexibility index (Phi) is 7.29. The number of aromatic hydroxyl groups is 2. The zero-order valence-corrected chi connectivity index (χ0v) is 19.3. The molecule has 0 saturated heterocycles. The van der Waals surface area contributed by atoms with Crippen LogP contribution in [-0.4, -0.2) is 42.9 Å². The molecular weight excluding hydrogens is 438 g/mol. The summed E-state index contributed by atoms with van der Waals surface area (Å²) in [5, 5.41) is 32.4. The smallest absolute Gasteiger partial charge is 0.250 e. The van der Waals surface area contributed by atoms with Gasteiger partial charge in [0.05, 0.1) is 12.0 Å². The van der Waals surface area contributed by atoms with Crippen molar-refractivity contribution in [3.05, 3.63) is 53.6 Å². The highest BCUT2D eigenvalue weighted by atomic mass is 32.2. The molecule has 3 N–H and O–H groups in total. The molecule has 0 spiro atoms. The molecule has 4 rings (SSSR count). The molecule has 1 heterocycles. The number of phenolic OH excluding ortho intramolecular Hbond substituents is 2. The van der Waals surface area contributed by atoms with E-state index < -0.39 is 0 Å². The summed E-state index contributed by atoms with van der Waals surface area (Å²) in [5.74, 6) is 0.271. The number of hydrogen-bond donors (Lipinski definition) is 3. The van der Waals surface area contributed by atoms with Crippen LogP contribution in [0.5, 0.6) is 11.5 Å². The van der Waals surface area contributed by atoms with Crippen molar-refractivity contribution in [2.45, 2.75) is 50.2 Å². The van der Waals surface area contributed by atoms with Gasteiger partial charge >= 0.3 is 0 Å². The van der Waals surface area contributed by atoms with E-state index in [1.807, 2.05) is 0 Å². The fourth-order valence-corrected chi connectivity index (χ4v) is 4.70. The highest BCUT2D eigenvalue weighted by Gasteiger charge is 2.24. The van der Waals surface area contributed by atoms with Crippen LogP contribution in [0, 0.1) is 6.92 Å². The quantitative estimate of drug-likeness (QED) is 0.206. The molecule has 8 nitrogen and oxygen atoms in total. The van der Waals surface area contributed by atoms with Gasteiger partial charge in [0.15, 0.2) is 22.5 Å². The van der Waals surface area contributed by atoms with E-state index in [4.69, 9.17) is 0 Å². The molecule has 9 heteroatoms. The number of amides is 1. The van der Waals surface area contributed by atoms with Crippen LogP contribution >= 0.6 is 11.8 Å². The summed E-state index contributed by atoms with van der Waals surface area (Å²) in [5.41, 5.74) is 5.26. The third-order valence-corrected chi connectivity index (χ3v) is 6.59. The molecule has 1 amide bonds. The molecule has 2 aromatic carbocycles. The largest absolute Gasteiger partial charge is 0.504 e. The van der Waals surface area contributed by atoms with E-state index in [1.54, 1.807) is 6.07 Å². The van der Waals surface area contributed by atoms with Crippen molar-refractivity contribution in [2.24, 2.45) is 5.10 Å². The van der Waals surface area contributed by atoms with E-state index in [-0.39, 0.29) is 23.2 Å². The number of hydrazone groups is 1. The number of nitrogens with one attached hydrogen (secondary N) is 1. The van der Waals surface area contributed by atoms with Gasteiger partial charge in [-0.05, 0) is 43.5 Å². The van der Waals surface area contributed by atoms with E-state index in [9.17, 15) is 15.0 Å². The standard InChI is InChI=1S/C24H27N5O3S/c1-16-7-10-18(11-8-16)23-27-28-24(29(23)19-5-3-2-4-6-19)33-15-22(32)26-25-14-17-9-12-20(30)21(31)13-17/h7-14,19,30-31H,2-6,15H2,1H3,(H,26,32)/b25-14-. The number of rotatable bonds is 7. The molecule has 0 radical (unpaired) electrons. The Balaban J connectivity index is 1.44. The van der Waals surface area contributed by atoms with Gasteiger partial charge in [0.1, 0.15) is 0 Å². The van der Waals surface area contributed by atoms with Gasteiger partial charge in [0, 0.05) is 11.6 Å². The number of hydrogen-bond acceptors (Lipinski definition) is 7. The van der Waals surface area contributed by atoms with Crippen molar-refractivity contribution in [1.82, 2.24) is 20.2 Å². The number of thioether (sulfide) groups is 1. The van der Waals surface area contributed by atoms with Gasteiger partial charge in [-0.1, -0.05) is 60.9 Å². The van der Waals surface area contributed by atoms with Crippen molar-refractivity contribution < 1.29 is 15.0 Å². The van der Waals surface area contributed by atoms with Gasteiger partial charge in [0.25, 0.3) is 5.91 Å². The van der Waals surface area contributed by atoms with Crippen molar-refractivity contribution in [3.63, 3.8) is 0 Å². The molecule has 0 bridgehead atoms. The van der Waals surface area contributed by atoms with Crippen LogP contribution in [0.4, 0.5) is 0 Å². The Bertz CT molecular complexity index is 1140. The Morgan fingerprint density at radius 1 is 1.12 bits per heavy atom. The fourth-order valence-electron chi connectivity index (χ4n) is 3.91. The molecule has 1 aliphatic carbocycles. The highest BCUT2D eigenvalue weighted by Crippen LogP contribution is 2.35. The zero-order chi connectivity index (χ0) is 23.2. The summed E-state index contributed by atoms with van der Waals surface area (Å²) in [6, 6.07) is 12.9. The maximum Gasteiger partial charge on any atom is 0.250 e. The molecule has 1 aromatic heterocycles. The monoisotopic (exact) mass is 465 g/mol. The predicted molar refractivity (Wildman–Crippen MR) is 129 cm³/mol. The molecule has 0 atom stereocenters. The van der Waals surface area contributed by atoms with Crippen molar-refractivity contribution in [2.75, 3.05) is 5.75 Å². The van der Waals surface area contributed by atoms with E-state index in [0.717, 1.165) is 29.4 Å². The minimum Gasteiger partial charge on any atom is -0.504 e. The minimum absolute atomic E-state index is 0.150. The van der Waals surface area contributed by atoms with Crippen molar-refractivity contribution in [3.8, 4) is 22.9 Å². The van der Waals surface area contributed by atoms with E-state index in [2.05, 4.69) is 56.5 Å². The van der Waals surface area contributed by atoms with Crippen LogP contribution in [-0.2, 0) is 4.79 Å². The molecule has 0 unspecified atom stereocenters. The second-order valence-corrected chi connectivity index (χ2v) is 9.11. The van der Waals surface area contributed by atoms with Crippen LogP contribution in [0.1, 0.15) is 49.3 Å². The fraction of sp³-hybridized carbons (Fsp3) is 0.333. The van der Waals surface area contributed by atoms with Gasteiger partial charge < -0.3 is 10.2 Å². The first-order valence-electron chi connectivity index (χ1n) is 11.0. The van der Waals surface area contributed by atoms with Gasteiger partial charge in [-0.3, -0.25) is 9.36 Å². The van der Waals surface area contributed by atoms with E-state index >= 15 is 0 Å². The van der Waals surface area contributed by atoms with Gasteiger partial charge in [-0.25, -0.2) is 5.43 Å². The molecule has 1 fully saturated rings. The lowest BCUT2D eigenvalue weighted by molar-refractivity contribution is -0.118. The Labute approximate surface area is 196 Å². The van der Waals surface area contributed by atoms with Crippen LogP contribution in [0.3, 0.4) is 0 Å².